The van der Waals surface area contributed by atoms with Gasteiger partial charge in [-0.2, -0.15) is 0 Å². The van der Waals surface area contributed by atoms with Gasteiger partial charge in [0.1, 0.15) is 5.75 Å². The molecular weight excluding hydrogens is 372 g/mol. The molecule has 8 heteroatoms. The van der Waals surface area contributed by atoms with E-state index in [1.807, 2.05) is 30.0 Å². The molecule has 0 bridgehead atoms. The maximum atomic E-state index is 12.6. The van der Waals surface area contributed by atoms with Crippen molar-refractivity contribution >= 4 is 29.1 Å². The van der Waals surface area contributed by atoms with Gasteiger partial charge >= 0.3 is 0 Å². The van der Waals surface area contributed by atoms with Crippen LogP contribution in [0.25, 0.3) is 0 Å². The van der Waals surface area contributed by atoms with Gasteiger partial charge < -0.3 is 25.6 Å². The molecule has 3 N–H and O–H groups in total. The third-order valence-corrected chi connectivity index (χ3v) is 4.48. The number of hydrogen-bond donors (Lipinski definition) is 3. The zero-order valence-corrected chi connectivity index (χ0v) is 16.4. The number of nitrogens with one attached hydrogen (secondary N) is 3. The molecule has 0 aliphatic carbocycles. The molecule has 2 aromatic rings. The fraction of sp³-hybridized carbons (Fsp3) is 0.286. The molecule has 29 heavy (non-hydrogen) atoms. The first-order chi connectivity index (χ1) is 14.0. The highest BCUT2D eigenvalue weighted by Crippen LogP contribution is 2.32. The highest BCUT2D eigenvalue weighted by Gasteiger charge is 2.31. The number of carbonyl (C=O) groups is 3. The van der Waals surface area contributed by atoms with Crippen molar-refractivity contribution in [3.05, 3.63) is 54.1 Å². The Hall–Kier alpha value is -3.55. The van der Waals surface area contributed by atoms with Gasteiger partial charge in [0, 0.05) is 24.8 Å². The summed E-state index contributed by atoms with van der Waals surface area (Å²) in [6, 6.07) is 14.0. The van der Waals surface area contributed by atoms with Crippen molar-refractivity contribution in [1.29, 1.82) is 0 Å². The standard InChI is InChI=1S/C21H24N4O4/c1-3-23-20(27)14-7-6-8-15(11-14)24-19(26)13-25-12-18(21(28)22-2)29-17-10-5-4-9-16(17)25/h4-11,18H,3,12-13H2,1-2H3,(H,22,28)(H,23,27)(H,24,26)/t18-/m1/s1. The molecule has 0 saturated heterocycles. The van der Waals surface area contributed by atoms with Gasteiger partial charge in [0.05, 0.1) is 18.8 Å². The molecule has 0 saturated carbocycles. The number of para-hydroxylation sites is 2. The lowest BCUT2D eigenvalue weighted by atomic mass is 10.1. The molecule has 2 aromatic carbocycles. The van der Waals surface area contributed by atoms with Crippen molar-refractivity contribution in [3.8, 4) is 5.75 Å². The SMILES string of the molecule is CCNC(=O)c1cccc(NC(=O)CN2C[C@H](C(=O)NC)Oc3ccccc32)c1. The Morgan fingerprint density at radius 1 is 1.14 bits per heavy atom. The molecule has 8 nitrogen and oxygen atoms in total. The number of nitrogens with zero attached hydrogens (tertiary/aromatic N) is 1. The molecule has 152 valence electrons. The van der Waals surface area contributed by atoms with E-state index in [2.05, 4.69) is 16.0 Å². The van der Waals surface area contributed by atoms with Crippen LogP contribution >= 0.6 is 0 Å². The second-order valence-electron chi connectivity index (χ2n) is 6.56. The number of hydrogen-bond acceptors (Lipinski definition) is 5. The van der Waals surface area contributed by atoms with Crippen molar-refractivity contribution in [3.63, 3.8) is 0 Å². The van der Waals surface area contributed by atoms with E-state index in [0.29, 0.717) is 23.5 Å². The summed E-state index contributed by atoms with van der Waals surface area (Å²) in [5, 5.41) is 8.12. The van der Waals surface area contributed by atoms with Gasteiger partial charge in [0.25, 0.3) is 11.8 Å². The Balaban J connectivity index is 1.72. The van der Waals surface area contributed by atoms with Crippen molar-refractivity contribution in [2.75, 3.05) is 36.9 Å². The van der Waals surface area contributed by atoms with Gasteiger partial charge in [-0.15, -0.1) is 0 Å². The summed E-state index contributed by atoms with van der Waals surface area (Å²) in [5.74, 6) is -0.150. The topological polar surface area (TPSA) is 99.8 Å². The molecule has 0 unspecified atom stereocenters. The zero-order chi connectivity index (χ0) is 20.8. The normalized spacial score (nSPS) is 15.0. The fourth-order valence-corrected chi connectivity index (χ4v) is 3.13. The smallest absolute Gasteiger partial charge is 0.262 e. The Morgan fingerprint density at radius 3 is 2.69 bits per heavy atom. The van der Waals surface area contributed by atoms with E-state index in [9.17, 15) is 14.4 Å². The van der Waals surface area contributed by atoms with Gasteiger partial charge in [-0.05, 0) is 37.3 Å². The molecule has 1 aliphatic rings. The molecule has 1 aliphatic heterocycles. The van der Waals surface area contributed by atoms with Crippen molar-refractivity contribution < 1.29 is 19.1 Å². The number of rotatable bonds is 6. The van der Waals surface area contributed by atoms with Crippen LogP contribution in [0.1, 0.15) is 17.3 Å². The lowest BCUT2D eigenvalue weighted by Gasteiger charge is -2.35. The molecule has 0 fully saturated rings. The third-order valence-electron chi connectivity index (χ3n) is 4.48. The number of likely N-dealkylation sites (N-methyl/N-ethyl adjacent to an activating group) is 1. The van der Waals surface area contributed by atoms with Gasteiger partial charge in [-0.25, -0.2) is 0 Å². The average Bonchev–Trinajstić information content (AvgIpc) is 2.73. The lowest BCUT2D eigenvalue weighted by Crippen LogP contribution is -2.50. The Bertz CT molecular complexity index is 915. The van der Waals surface area contributed by atoms with E-state index in [1.54, 1.807) is 37.4 Å². The van der Waals surface area contributed by atoms with Crippen LogP contribution in [-0.4, -0.2) is 50.5 Å². The fourth-order valence-electron chi connectivity index (χ4n) is 3.13. The molecule has 0 radical (unpaired) electrons. The maximum absolute atomic E-state index is 12.6. The van der Waals surface area contributed by atoms with Crippen LogP contribution in [0.2, 0.25) is 0 Å². The van der Waals surface area contributed by atoms with Gasteiger partial charge in [-0.1, -0.05) is 18.2 Å². The minimum Gasteiger partial charge on any atom is -0.477 e. The largest absolute Gasteiger partial charge is 0.477 e. The van der Waals surface area contributed by atoms with E-state index >= 15 is 0 Å². The van der Waals surface area contributed by atoms with Crippen LogP contribution in [0.3, 0.4) is 0 Å². The average molecular weight is 396 g/mol. The number of fused-ring (bicyclic) bond motifs is 1. The molecule has 3 rings (SSSR count). The molecule has 3 amide bonds. The summed E-state index contributed by atoms with van der Waals surface area (Å²) >= 11 is 0. The van der Waals surface area contributed by atoms with Gasteiger partial charge in [-0.3, -0.25) is 14.4 Å². The predicted molar refractivity (Wildman–Crippen MR) is 110 cm³/mol. The Morgan fingerprint density at radius 2 is 1.93 bits per heavy atom. The summed E-state index contributed by atoms with van der Waals surface area (Å²) in [4.78, 5) is 38.5. The molecule has 0 spiro atoms. The summed E-state index contributed by atoms with van der Waals surface area (Å²) in [5.41, 5.74) is 1.75. The van der Waals surface area contributed by atoms with Crippen LogP contribution in [0.4, 0.5) is 11.4 Å². The molecular formula is C21H24N4O4. The first kappa shape index (κ1) is 20.2. The minimum absolute atomic E-state index is 0.0409. The van der Waals surface area contributed by atoms with E-state index in [-0.39, 0.29) is 30.8 Å². The first-order valence-electron chi connectivity index (χ1n) is 9.42. The van der Waals surface area contributed by atoms with Gasteiger partial charge in [0.15, 0.2) is 6.10 Å². The third kappa shape index (κ3) is 4.84. The van der Waals surface area contributed by atoms with Crippen LogP contribution < -0.4 is 25.6 Å². The van der Waals surface area contributed by atoms with E-state index < -0.39 is 6.10 Å². The maximum Gasteiger partial charge on any atom is 0.262 e. The second-order valence-corrected chi connectivity index (χ2v) is 6.56. The lowest BCUT2D eigenvalue weighted by molar-refractivity contribution is -0.127. The Kier molecular flexibility index (Phi) is 6.33. The number of anilines is 2. The Labute approximate surface area is 169 Å². The zero-order valence-electron chi connectivity index (χ0n) is 16.4. The molecule has 0 aromatic heterocycles. The predicted octanol–water partition coefficient (Wildman–Crippen LogP) is 1.39. The summed E-state index contributed by atoms with van der Waals surface area (Å²) in [6.45, 7) is 2.66. The van der Waals surface area contributed by atoms with Crippen LogP contribution in [0, 0.1) is 0 Å². The summed E-state index contributed by atoms with van der Waals surface area (Å²) in [7, 11) is 1.55. The molecule has 1 atom stereocenters. The highest BCUT2D eigenvalue weighted by molar-refractivity contribution is 5.98. The van der Waals surface area contributed by atoms with Crippen LogP contribution in [-0.2, 0) is 9.59 Å². The van der Waals surface area contributed by atoms with Gasteiger partial charge in [0.2, 0.25) is 5.91 Å². The summed E-state index contributed by atoms with van der Waals surface area (Å²) in [6.07, 6.45) is -0.705. The van der Waals surface area contributed by atoms with E-state index in [1.165, 1.54) is 0 Å². The van der Waals surface area contributed by atoms with Crippen LogP contribution in [0.5, 0.6) is 5.75 Å². The monoisotopic (exact) mass is 396 g/mol. The number of amides is 3. The number of carbonyl (C=O) groups excluding carboxylic acids is 3. The number of benzene rings is 2. The molecule has 1 heterocycles. The van der Waals surface area contributed by atoms with Crippen molar-refractivity contribution in [2.45, 2.75) is 13.0 Å². The van der Waals surface area contributed by atoms with Crippen molar-refractivity contribution in [2.24, 2.45) is 0 Å². The summed E-state index contributed by atoms with van der Waals surface area (Å²) < 4.78 is 5.75. The first-order valence-corrected chi connectivity index (χ1v) is 9.42. The van der Waals surface area contributed by atoms with Crippen LogP contribution in [0.15, 0.2) is 48.5 Å². The second kappa shape index (κ2) is 9.09. The quantitative estimate of drug-likeness (QED) is 0.685. The van der Waals surface area contributed by atoms with E-state index in [4.69, 9.17) is 4.74 Å². The van der Waals surface area contributed by atoms with E-state index in [0.717, 1.165) is 5.69 Å². The van der Waals surface area contributed by atoms with Crippen molar-refractivity contribution in [1.82, 2.24) is 10.6 Å². The highest BCUT2D eigenvalue weighted by atomic mass is 16.5. The minimum atomic E-state index is -0.705. The number of ether oxygens (including phenoxy) is 1.